The Morgan fingerprint density at radius 2 is 1.88 bits per heavy atom. The maximum atomic E-state index is 12.3. The fraction of sp³-hybridized carbons (Fsp3) is 0.889. The first kappa shape index (κ1) is 18.9. The Morgan fingerprint density at radius 1 is 1.21 bits per heavy atom. The van der Waals surface area contributed by atoms with Gasteiger partial charge in [-0.15, -0.1) is 0 Å². The fourth-order valence-electron chi connectivity index (χ4n) is 2.98. The molecule has 2 N–H and O–H groups in total. The molecule has 6 heteroatoms. The van der Waals surface area contributed by atoms with Crippen LogP contribution in [0, 0.1) is 0 Å². The minimum Gasteiger partial charge on any atom is -0.444 e. The topological polar surface area (TPSA) is 66.0 Å². The summed E-state index contributed by atoms with van der Waals surface area (Å²) in [6.45, 7) is 9.84. The molecule has 0 bridgehead atoms. The Labute approximate surface area is 146 Å². The Kier molecular flexibility index (Phi) is 6.75. The van der Waals surface area contributed by atoms with Gasteiger partial charge in [-0.25, -0.2) is 4.79 Å². The van der Waals surface area contributed by atoms with Gasteiger partial charge >= 0.3 is 6.09 Å². The van der Waals surface area contributed by atoms with Crippen molar-refractivity contribution >= 4 is 12.1 Å². The molecule has 0 saturated heterocycles. The summed E-state index contributed by atoms with van der Waals surface area (Å²) >= 11 is 0. The number of hydrogen-bond acceptors (Lipinski definition) is 3. The second-order valence-corrected chi connectivity index (χ2v) is 7.79. The Hall–Kier alpha value is -1.46. The van der Waals surface area contributed by atoms with E-state index in [1.165, 1.54) is 25.7 Å². The summed E-state index contributed by atoms with van der Waals surface area (Å²) in [5, 5.41) is 6.81. The van der Waals surface area contributed by atoms with Crippen molar-refractivity contribution in [2.24, 2.45) is 4.99 Å². The van der Waals surface area contributed by atoms with Crippen LogP contribution in [0.1, 0.15) is 66.2 Å². The van der Waals surface area contributed by atoms with Crippen molar-refractivity contribution in [3.63, 3.8) is 0 Å². The lowest BCUT2D eigenvalue weighted by Crippen LogP contribution is -2.43. The summed E-state index contributed by atoms with van der Waals surface area (Å²) in [5.74, 6) is 0.865. The number of amides is 1. The average Bonchev–Trinajstić information content (AvgIpc) is 3.18. The lowest BCUT2D eigenvalue weighted by atomic mass is 10.2. The van der Waals surface area contributed by atoms with Crippen molar-refractivity contribution < 1.29 is 9.53 Å². The zero-order valence-electron chi connectivity index (χ0n) is 15.7. The normalized spacial score (nSPS) is 19.2. The van der Waals surface area contributed by atoms with E-state index in [9.17, 15) is 4.79 Å². The molecule has 0 atom stereocenters. The van der Waals surface area contributed by atoms with E-state index in [-0.39, 0.29) is 6.09 Å². The van der Waals surface area contributed by atoms with Gasteiger partial charge in [0.1, 0.15) is 5.60 Å². The monoisotopic (exact) mass is 338 g/mol. The van der Waals surface area contributed by atoms with Crippen LogP contribution in [0.25, 0.3) is 0 Å². The molecule has 0 aliphatic heterocycles. The number of ether oxygens (including phenoxy) is 1. The molecule has 0 aromatic carbocycles. The SMILES string of the molecule is CCNC(=NCCN(C(=O)OC(C)(C)C)C1CC1)NC1CCCC1. The van der Waals surface area contributed by atoms with E-state index in [0.29, 0.717) is 25.2 Å². The maximum Gasteiger partial charge on any atom is 0.410 e. The van der Waals surface area contributed by atoms with E-state index >= 15 is 0 Å². The van der Waals surface area contributed by atoms with Gasteiger partial charge in [0.25, 0.3) is 0 Å². The molecule has 2 fully saturated rings. The third-order valence-electron chi connectivity index (χ3n) is 4.27. The molecule has 0 aromatic heterocycles. The molecule has 138 valence electrons. The molecule has 0 unspecified atom stereocenters. The van der Waals surface area contributed by atoms with Gasteiger partial charge in [0.15, 0.2) is 5.96 Å². The van der Waals surface area contributed by atoms with Crippen LogP contribution in [0.5, 0.6) is 0 Å². The first-order valence-electron chi connectivity index (χ1n) is 9.43. The number of guanidine groups is 1. The number of hydrogen-bond donors (Lipinski definition) is 2. The van der Waals surface area contributed by atoms with Crippen LogP contribution in [-0.2, 0) is 4.74 Å². The highest BCUT2D eigenvalue weighted by Crippen LogP contribution is 2.28. The summed E-state index contributed by atoms with van der Waals surface area (Å²) in [4.78, 5) is 18.8. The summed E-state index contributed by atoms with van der Waals surface area (Å²) in [6, 6.07) is 0.869. The fourth-order valence-corrected chi connectivity index (χ4v) is 2.98. The third-order valence-corrected chi connectivity index (χ3v) is 4.27. The Balaban J connectivity index is 1.85. The summed E-state index contributed by atoms with van der Waals surface area (Å²) in [7, 11) is 0. The van der Waals surface area contributed by atoms with Crippen LogP contribution in [-0.4, -0.2) is 54.3 Å². The second-order valence-electron chi connectivity index (χ2n) is 7.79. The summed E-state index contributed by atoms with van der Waals surface area (Å²) in [5.41, 5.74) is -0.452. The highest BCUT2D eigenvalue weighted by Gasteiger charge is 2.34. The van der Waals surface area contributed by atoms with Gasteiger partial charge in [-0.05, 0) is 53.4 Å². The van der Waals surface area contributed by atoms with Crippen molar-refractivity contribution in [1.29, 1.82) is 0 Å². The summed E-state index contributed by atoms with van der Waals surface area (Å²) in [6.07, 6.45) is 6.96. The van der Waals surface area contributed by atoms with Gasteiger partial charge in [0, 0.05) is 25.2 Å². The van der Waals surface area contributed by atoms with E-state index < -0.39 is 5.60 Å². The van der Waals surface area contributed by atoms with Gasteiger partial charge < -0.3 is 20.3 Å². The lowest BCUT2D eigenvalue weighted by Gasteiger charge is -2.27. The molecule has 2 aliphatic rings. The molecule has 0 heterocycles. The molecule has 6 nitrogen and oxygen atoms in total. The largest absolute Gasteiger partial charge is 0.444 e. The highest BCUT2D eigenvalue weighted by atomic mass is 16.6. The molecule has 24 heavy (non-hydrogen) atoms. The van der Waals surface area contributed by atoms with Crippen LogP contribution in [0.2, 0.25) is 0 Å². The number of carbonyl (C=O) groups is 1. The predicted molar refractivity (Wildman–Crippen MR) is 97.3 cm³/mol. The molecule has 0 spiro atoms. The van der Waals surface area contributed by atoms with E-state index in [4.69, 9.17) is 4.74 Å². The molecule has 2 saturated carbocycles. The summed E-state index contributed by atoms with van der Waals surface area (Å²) < 4.78 is 5.52. The van der Waals surface area contributed by atoms with Gasteiger partial charge in [0.05, 0.1) is 6.54 Å². The maximum absolute atomic E-state index is 12.3. The lowest BCUT2D eigenvalue weighted by molar-refractivity contribution is 0.0240. The minimum absolute atomic E-state index is 0.214. The number of rotatable bonds is 6. The molecule has 0 radical (unpaired) electrons. The number of nitrogens with one attached hydrogen (secondary N) is 2. The predicted octanol–water partition coefficient (Wildman–Crippen LogP) is 2.88. The van der Waals surface area contributed by atoms with E-state index in [2.05, 4.69) is 22.5 Å². The molecular weight excluding hydrogens is 304 g/mol. The van der Waals surface area contributed by atoms with Crippen LogP contribution in [0.15, 0.2) is 4.99 Å². The van der Waals surface area contributed by atoms with E-state index in [1.807, 2.05) is 25.7 Å². The molecule has 2 rings (SSSR count). The Bertz CT molecular complexity index is 435. The van der Waals surface area contributed by atoms with E-state index in [0.717, 1.165) is 25.3 Å². The van der Waals surface area contributed by atoms with Crippen molar-refractivity contribution in [3.8, 4) is 0 Å². The standard InChI is InChI=1S/C18H34N4O2/c1-5-19-16(21-14-8-6-7-9-14)20-12-13-22(15-10-11-15)17(23)24-18(2,3)4/h14-15H,5-13H2,1-4H3,(H2,19,20,21). The van der Waals surface area contributed by atoms with Crippen molar-refractivity contribution in [2.45, 2.75) is 83.9 Å². The van der Waals surface area contributed by atoms with Crippen LogP contribution in [0.4, 0.5) is 4.79 Å². The second kappa shape index (κ2) is 8.58. The highest BCUT2D eigenvalue weighted by molar-refractivity contribution is 5.80. The molecule has 2 aliphatic carbocycles. The first-order chi connectivity index (χ1) is 11.4. The number of carbonyl (C=O) groups excluding carboxylic acids is 1. The zero-order valence-corrected chi connectivity index (χ0v) is 15.7. The smallest absolute Gasteiger partial charge is 0.410 e. The quantitative estimate of drug-likeness (QED) is 0.577. The van der Waals surface area contributed by atoms with Gasteiger partial charge in [0.2, 0.25) is 0 Å². The third kappa shape index (κ3) is 6.57. The van der Waals surface area contributed by atoms with Crippen molar-refractivity contribution in [3.05, 3.63) is 0 Å². The van der Waals surface area contributed by atoms with Gasteiger partial charge in [-0.1, -0.05) is 12.8 Å². The minimum atomic E-state index is -0.452. The molecular formula is C18H34N4O2. The van der Waals surface area contributed by atoms with Crippen LogP contribution >= 0.6 is 0 Å². The number of nitrogens with zero attached hydrogens (tertiary/aromatic N) is 2. The average molecular weight is 338 g/mol. The van der Waals surface area contributed by atoms with Gasteiger partial charge in [-0.3, -0.25) is 4.99 Å². The number of aliphatic imine (C=N–C) groups is 1. The van der Waals surface area contributed by atoms with Crippen LogP contribution < -0.4 is 10.6 Å². The van der Waals surface area contributed by atoms with E-state index in [1.54, 1.807) is 0 Å². The zero-order chi connectivity index (χ0) is 17.6. The van der Waals surface area contributed by atoms with Gasteiger partial charge in [-0.2, -0.15) is 0 Å². The van der Waals surface area contributed by atoms with Crippen LogP contribution in [0.3, 0.4) is 0 Å². The molecule has 0 aromatic rings. The van der Waals surface area contributed by atoms with Crippen molar-refractivity contribution in [1.82, 2.24) is 15.5 Å². The Morgan fingerprint density at radius 3 is 2.42 bits per heavy atom. The van der Waals surface area contributed by atoms with Crippen molar-refractivity contribution in [2.75, 3.05) is 19.6 Å². The first-order valence-corrected chi connectivity index (χ1v) is 9.43. The molecule has 1 amide bonds.